The van der Waals surface area contributed by atoms with Gasteiger partial charge in [-0.15, -0.1) is 0 Å². The largest absolute Gasteiger partial charge is 0.392 e. The van der Waals surface area contributed by atoms with Crippen molar-refractivity contribution < 1.29 is 19.5 Å². The Balaban J connectivity index is 0.000000191. The lowest BCUT2D eigenvalue weighted by atomic mass is 10.0. The number of rotatable bonds is 12. The van der Waals surface area contributed by atoms with E-state index < -0.39 is 0 Å². The van der Waals surface area contributed by atoms with Gasteiger partial charge in [-0.3, -0.25) is 23.7 Å². The summed E-state index contributed by atoms with van der Waals surface area (Å²) in [6.07, 6.45) is 0.755. The predicted molar refractivity (Wildman–Crippen MR) is 249 cm³/mol. The highest BCUT2D eigenvalue weighted by atomic mass is 35.5. The van der Waals surface area contributed by atoms with Gasteiger partial charge in [0.25, 0.3) is 11.8 Å². The zero-order chi connectivity index (χ0) is 45.7. The molecule has 4 heterocycles. The third kappa shape index (κ3) is 9.36. The Morgan fingerprint density at radius 3 is 1.56 bits per heavy atom. The number of amides is 2. The number of fused-ring (bicyclic) bond motifs is 2. The maximum Gasteiger partial charge on any atom is 0.272 e. The number of aldehydes is 1. The molecule has 14 nitrogen and oxygen atoms in total. The Bertz CT molecular complexity index is 2810. The molecule has 2 atom stereocenters. The van der Waals surface area contributed by atoms with Crippen LogP contribution in [-0.2, 0) is 19.7 Å². The Labute approximate surface area is 381 Å². The Hall–Kier alpha value is -6.97. The van der Waals surface area contributed by atoms with Crippen LogP contribution in [0, 0.1) is 13.1 Å². The fourth-order valence-corrected chi connectivity index (χ4v) is 8.60. The zero-order valence-corrected chi connectivity index (χ0v) is 37.3. The first-order chi connectivity index (χ1) is 30.9. The van der Waals surface area contributed by atoms with Crippen LogP contribution < -0.4 is 10.6 Å². The van der Waals surface area contributed by atoms with E-state index in [1.54, 1.807) is 73.8 Å². The molecule has 0 bridgehead atoms. The SMILES string of the molecule is [C-]#[N+]c1ccc(CN2C[C@H](C)n3nc(-c4c(C=O)cc(Cl)cc4NCC)cc3C2=O)cc1.[C-]#[N+]c1ccc(CN2C[C@H](C)n3nc(-c4c(CO)cc(Cl)cc4NCC)cc3C2=O)cc1. The van der Waals surface area contributed by atoms with Gasteiger partial charge >= 0.3 is 0 Å². The molecule has 64 heavy (non-hydrogen) atoms. The molecule has 16 heteroatoms. The van der Waals surface area contributed by atoms with Gasteiger partial charge < -0.3 is 25.5 Å². The number of anilines is 2. The molecule has 0 radical (unpaired) electrons. The minimum absolute atomic E-state index is 0.00794. The van der Waals surface area contributed by atoms with Crippen LogP contribution in [0.25, 0.3) is 32.2 Å². The summed E-state index contributed by atoms with van der Waals surface area (Å²) in [7, 11) is 0. The summed E-state index contributed by atoms with van der Waals surface area (Å²) in [5.41, 5.74) is 9.18. The van der Waals surface area contributed by atoms with Gasteiger partial charge in [0.1, 0.15) is 11.4 Å². The first-order valence-corrected chi connectivity index (χ1v) is 21.6. The molecule has 0 saturated carbocycles. The van der Waals surface area contributed by atoms with Crippen molar-refractivity contribution in [3.8, 4) is 22.5 Å². The van der Waals surface area contributed by atoms with Gasteiger partial charge in [0.05, 0.1) is 43.2 Å². The summed E-state index contributed by atoms with van der Waals surface area (Å²) in [6.45, 7) is 25.2. The molecule has 4 aromatic carbocycles. The molecule has 0 spiro atoms. The third-order valence-electron chi connectivity index (χ3n) is 11.0. The summed E-state index contributed by atoms with van der Waals surface area (Å²) in [5.74, 6) is -0.219. The average molecular weight is 898 g/mol. The number of hydrogen-bond donors (Lipinski definition) is 3. The van der Waals surface area contributed by atoms with Gasteiger partial charge in [0, 0.05) is 77.4 Å². The fourth-order valence-electron chi connectivity index (χ4n) is 8.13. The number of halogens is 2. The monoisotopic (exact) mass is 896 g/mol. The van der Waals surface area contributed by atoms with Gasteiger partial charge in [0.2, 0.25) is 0 Å². The van der Waals surface area contributed by atoms with E-state index in [0.29, 0.717) is 106 Å². The van der Waals surface area contributed by atoms with Crippen LogP contribution in [0.15, 0.2) is 84.9 Å². The molecule has 2 amide bonds. The maximum atomic E-state index is 13.3. The van der Waals surface area contributed by atoms with Crippen molar-refractivity contribution in [2.45, 2.75) is 59.5 Å². The topological polar surface area (TPSA) is 146 Å². The Kier molecular flexibility index (Phi) is 13.8. The predicted octanol–water partition coefficient (Wildman–Crippen LogP) is 10.1. The lowest BCUT2D eigenvalue weighted by Gasteiger charge is -2.31. The number of nitrogens with one attached hydrogen (secondary N) is 2. The quantitative estimate of drug-likeness (QED) is 0.0813. The molecule has 0 saturated heterocycles. The van der Waals surface area contributed by atoms with Crippen molar-refractivity contribution in [1.29, 1.82) is 0 Å². The zero-order valence-electron chi connectivity index (χ0n) is 35.8. The number of nitrogens with zero attached hydrogens (tertiary/aromatic N) is 8. The second-order valence-electron chi connectivity index (χ2n) is 15.6. The molecule has 2 aliphatic heterocycles. The lowest BCUT2D eigenvalue weighted by molar-refractivity contribution is 0.0645. The van der Waals surface area contributed by atoms with E-state index >= 15 is 0 Å². The molecule has 2 aromatic heterocycles. The van der Waals surface area contributed by atoms with E-state index in [4.69, 9.17) is 46.5 Å². The van der Waals surface area contributed by atoms with E-state index in [1.807, 2.05) is 58.0 Å². The number of carbonyl (C=O) groups excluding carboxylic acids is 3. The van der Waals surface area contributed by atoms with Crippen LogP contribution in [0.1, 0.15) is 87.8 Å². The van der Waals surface area contributed by atoms with Crippen molar-refractivity contribution in [3.63, 3.8) is 0 Å². The summed E-state index contributed by atoms with van der Waals surface area (Å²) in [4.78, 5) is 48.7. The van der Waals surface area contributed by atoms with Crippen LogP contribution in [0.3, 0.4) is 0 Å². The van der Waals surface area contributed by atoms with Crippen LogP contribution in [-0.4, -0.2) is 78.7 Å². The minimum atomic E-state index is -0.188. The van der Waals surface area contributed by atoms with Crippen molar-refractivity contribution >= 4 is 64.1 Å². The molecule has 2 aliphatic rings. The van der Waals surface area contributed by atoms with Crippen molar-refractivity contribution in [3.05, 3.63) is 151 Å². The fraction of sp³-hybridized carbons (Fsp3) is 0.271. The van der Waals surface area contributed by atoms with Gasteiger partial charge in [-0.2, -0.15) is 10.2 Å². The van der Waals surface area contributed by atoms with E-state index in [2.05, 4.69) is 20.3 Å². The molecule has 3 N–H and O–H groups in total. The average Bonchev–Trinajstić information content (AvgIpc) is 3.95. The second kappa shape index (κ2) is 19.6. The summed E-state index contributed by atoms with van der Waals surface area (Å²) < 4.78 is 3.50. The van der Waals surface area contributed by atoms with Gasteiger partial charge in [0.15, 0.2) is 17.7 Å². The van der Waals surface area contributed by atoms with E-state index in [0.717, 1.165) is 28.7 Å². The van der Waals surface area contributed by atoms with E-state index in [-0.39, 0.29) is 30.5 Å². The van der Waals surface area contributed by atoms with Gasteiger partial charge in [-0.1, -0.05) is 71.7 Å². The summed E-state index contributed by atoms with van der Waals surface area (Å²) >= 11 is 12.4. The molecule has 6 aromatic rings. The number of aromatic nitrogens is 4. The summed E-state index contributed by atoms with van der Waals surface area (Å²) in [5, 5.41) is 26.9. The first-order valence-electron chi connectivity index (χ1n) is 20.8. The minimum Gasteiger partial charge on any atom is -0.392 e. The number of aliphatic hydroxyl groups is 1. The first kappa shape index (κ1) is 45.1. The number of hydrogen-bond acceptors (Lipinski definition) is 8. The molecule has 326 valence electrons. The normalized spacial score (nSPS) is 15.3. The van der Waals surface area contributed by atoms with Crippen LogP contribution in [0.4, 0.5) is 22.7 Å². The lowest BCUT2D eigenvalue weighted by Crippen LogP contribution is -2.41. The van der Waals surface area contributed by atoms with Crippen LogP contribution in [0.2, 0.25) is 10.0 Å². The van der Waals surface area contributed by atoms with Crippen molar-refractivity contribution in [2.24, 2.45) is 0 Å². The second-order valence-corrected chi connectivity index (χ2v) is 16.5. The molecular formula is C48H46Cl2N10O4. The number of aliphatic hydroxyl groups excluding tert-OH is 1. The maximum absolute atomic E-state index is 13.3. The Morgan fingerprint density at radius 2 is 1.14 bits per heavy atom. The van der Waals surface area contributed by atoms with Crippen molar-refractivity contribution in [1.82, 2.24) is 29.4 Å². The standard InChI is InChI=1S/C24H24ClN5O2.C24H22ClN5O2/c2*1-4-27-20-10-18(25)9-17(14-31)23(20)21-11-22-24(32)29(12-15(2)30(22)28-21)13-16-5-7-19(26-3)8-6-16/h5-11,15,27,31H,4,12-14H2,1-2H3;5-11,14-15,27H,4,12-13H2,1-2H3/t2*15-/m00/s1. The molecular weight excluding hydrogens is 851 g/mol. The van der Waals surface area contributed by atoms with Crippen LogP contribution >= 0.6 is 23.2 Å². The highest BCUT2D eigenvalue weighted by molar-refractivity contribution is 6.31. The highest BCUT2D eigenvalue weighted by Crippen LogP contribution is 2.38. The van der Waals surface area contributed by atoms with Crippen LogP contribution in [0.5, 0.6) is 0 Å². The van der Waals surface area contributed by atoms with Gasteiger partial charge in [-0.05, 0) is 80.8 Å². The van der Waals surface area contributed by atoms with Gasteiger partial charge in [-0.25, -0.2) is 9.69 Å². The number of benzene rings is 4. The van der Waals surface area contributed by atoms with Crippen molar-refractivity contribution in [2.75, 3.05) is 36.8 Å². The third-order valence-corrected chi connectivity index (χ3v) is 11.5. The highest BCUT2D eigenvalue weighted by Gasteiger charge is 2.33. The molecule has 0 fully saturated rings. The summed E-state index contributed by atoms with van der Waals surface area (Å²) in [6, 6.07) is 24.9. The molecule has 0 unspecified atom stereocenters. The smallest absolute Gasteiger partial charge is 0.272 e. The molecule has 0 aliphatic carbocycles. The van der Waals surface area contributed by atoms with E-state index in [9.17, 15) is 19.5 Å². The number of carbonyl (C=O) groups is 3. The Morgan fingerprint density at radius 1 is 0.703 bits per heavy atom. The molecule has 8 rings (SSSR count). The van der Waals surface area contributed by atoms with E-state index in [1.165, 1.54) is 0 Å².